The summed E-state index contributed by atoms with van der Waals surface area (Å²) in [6, 6.07) is 13.6. The molecule has 0 fully saturated rings. The maximum absolute atomic E-state index is 12.1. The third-order valence-corrected chi connectivity index (χ3v) is 4.52. The standard InChI is InChI=1S/C22H21N3O5/c1-14-4-5-16(15(2)10-14)11-22(26)24-23-13-18-7-9-21(30-18)19-8-6-17(29-3)12-20(19)25(27)28/h4-10,12-13H,11H2,1-3H3,(H,24,26)/b23-13+. The van der Waals surface area contributed by atoms with Crippen molar-refractivity contribution in [1.82, 2.24) is 5.43 Å². The van der Waals surface area contributed by atoms with Crippen molar-refractivity contribution in [2.45, 2.75) is 20.3 Å². The zero-order chi connectivity index (χ0) is 21.7. The van der Waals surface area contributed by atoms with E-state index in [1.165, 1.54) is 19.4 Å². The van der Waals surface area contributed by atoms with Crippen LogP contribution in [0.15, 0.2) is 58.0 Å². The van der Waals surface area contributed by atoms with Crippen LogP contribution in [0.2, 0.25) is 0 Å². The van der Waals surface area contributed by atoms with Gasteiger partial charge in [0.2, 0.25) is 5.91 Å². The monoisotopic (exact) mass is 407 g/mol. The lowest BCUT2D eigenvalue weighted by Crippen LogP contribution is -2.20. The number of nitro groups is 1. The van der Waals surface area contributed by atoms with E-state index in [0.717, 1.165) is 16.7 Å². The summed E-state index contributed by atoms with van der Waals surface area (Å²) in [4.78, 5) is 22.9. The molecule has 0 aliphatic rings. The van der Waals surface area contributed by atoms with Gasteiger partial charge in [-0.3, -0.25) is 14.9 Å². The molecular formula is C22H21N3O5. The molecule has 30 heavy (non-hydrogen) atoms. The Kier molecular flexibility index (Phi) is 6.26. The molecule has 2 aromatic carbocycles. The molecule has 0 aliphatic carbocycles. The van der Waals surface area contributed by atoms with Gasteiger partial charge in [-0.05, 0) is 49.2 Å². The molecule has 0 aliphatic heterocycles. The number of furan rings is 1. The lowest BCUT2D eigenvalue weighted by molar-refractivity contribution is -0.384. The van der Waals surface area contributed by atoms with Gasteiger partial charge in [0.25, 0.3) is 5.69 Å². The van der Waals surface area contributed by atoms with Crippen molar-refractivity contribution in [2.75, 3.05) is 7.11 Å². The van der Waals surface area contributed by atoms with Gasteiger partial charge in [-0.1, -0.05) is 23.8 Å². The van der Waals surface area contributed by atoms with Gasteiger partial charge in [0, 0.05) is 0 Å². The summed E-state index contributed by atoms with van der Waals surface area (Å²) in [6.07, 6.45) is 1.56. The number of nitro benzene ring substituents is 1. The van der Waals surface area contributed by atoms with Crippen LogP contribution in [0.5, 0.6) is 5.75 Å². The van der Waals surface area contributed by atoms with Crippen LogP contribution < -0.4 is 10.2 Å². The van der Waals surface area contributed by atoms with E-state index in [-0.39, 0.29) is 18.0 Å². The molecule has 0 radical (unpaired) electrons. The average molecular weight is 407 g/mol. The number of ether oxygens (including phenoxy) is 1. The highest BCUT2D eigenvalue weighted by Gasteiger charge is 2.19. The Morgan fingerprint density at radius 3 is 2.70 bits per heavy atom. The Morgan fingerprint density at radius 2 is 2.00 bits per heavy atom. The lowest BCUT2D eigenvalue weighted by Gasteiger charge is -2.05. The Labute approximate surface area is 173 Å². The van der Waals surface area contributed by atoms with Crippen molar-refractivity contribution in [3.05, 3.63) is 81.1 Å². The fourth-order valence-corrected chi connectivity index (χ4v) is 2.99. The number of nitrogens with zero attached hydrogens (tertiary/aromatic N) is 2. The molecule has 8 heteroatoms. The van der Waals surface area contributed by atoms with Gasteiger partial charge < -0.3 is 9.15 Å². The molecule has 1 amide bonds. The second-order valence-electron chi connectivity index (χ2n) is 6.74. The number of hydrogen-bond acceptors (Lipinski definition) is 6. The highest BCUT2D eigenvalue weighted by atomic mass is 16.6. The molecule has 0 saturated carbocycles. The van der Waals surface area contributed by atoms with Gasteiger partial charge in [-0.15, -0.1) is 0 Å². The van der Waals surface area contributed by atoms with E-state index in [2.05, 4.69) is 10.5 Å². The van der Waals surface area contributed by atoms with E-state index < -0.39 is 4.92 Å². The second-order valence-corrected chi connectivity index (χ2v) is 6.74. The Bertz CT molecular complexity index is 1120. The van der Waals surface area contributed by atoms with Crippen LogP contribution in [0.4, 0.5) is 5.69 Å². The molecule has 1 aromatic heterocycles. The van der Waals surface area contributed by atoms with E-state index in [4.69, 9.17) is 9.15 Å². The summed E-state index contributed by atoms with van der Waals surface area (Å²) in [5.74, 6) is 0.787. The summed E-state index contributed by atoms with van der Waals surface area (Å²) in [5.41, 5.74) is 5.77. The van der Waals surface area contributed by atoms with E-state index >= 15 is 0 Å². The number of amides is 1. The fourth-order valence-electron chi connectivity index (χ4n) is 2.99. The normalized spacial score (nSPS) is 10.9. The number of hydrazone groups is 1. The molecule has 0 spiro atoms. The van der Waals surface area contributed by atoms with Gasteiger partial charge in [0.15, 0.2) is 0 Å². The van der Waals surface area contributed by atoms with Crippen molar-refractivity contribution in [3.63, 3.8) is 0 Å². The largest absolute Gasteiger partial charge is 0.497 e. The summed E-state index contributed by atoms with van der Waals surface area (Å²) in [7, 11) is 1.44. The predicted molar refractivity (Wildman–Crippen MR) is 113 cm³/mol. The summed E-state index contributed by atoms with van der Waals surface area (Å²) < 4.78 is 10.7. The maximum Gasteiger partial charge on any atom is 0.284 e. The zero-order valence-electron chi connectivity index (χ0n) is 16.8. The quantitative estimate of drug-likeness (QED) is 0.359. The predicted octanol–water partition coefficient (Wildman–Crippen LogP) is 4.17. The summed E-state index contributed by atoms with van der Waals surface area (Å²) in [6.45, 7) is 3.96. The lowest BCUT2D eigenvalue weighted by atomic mass is 10.0. The third-order valence-electron chi connectivity index (χ3n) is 4.52. The first kappa shape index (κ1) is 20.8. The van der Waals surface area contributed by atoms with Gasteiger partial charge in [-0.2, -0.15) is 5.10 Å². The molecular weight excluding hydrogens is 386 g/mol. The van der Waals surface area contributed by atoms with Gasteiger partial charge >= 0.3 is 0 Å². The molecule has 3 aromatic rings. The summed E-state index contributed by atoms with van der Waals surface area (Å²) in [5, 5.41) is 15.2. The molecule has 0 atom stereocenters. The first-order valence-corrected chi connectivity index (χ1v) is 9.18. The molecule has 8 nitrogen and oxygen atoms in total. The second kappa shape index (κ2) is 9.04. The van der Waals surface area contributed by atoms with Crippen LogP contribution in [0, 0.1) is 24.0 Å². The van der Waals surface area contributed by atoms with Crippen molar-refractivity contribution >= 4 is 17.8 Å². The number of methoxy groups -OCH3 is 1. The maximum atomic E-state index is 12.1. The molecule has 1 heterocycles. The van der Waals surface area contributed by atoms with Gasteiger partial charge in [0.1, 0.15) is 17.3 Å². The molecule has 3 rings (SSSR count). The van der Waals surface area contributed by atoms with Crippen LogP contribution in [0.3, 0.4) is 0 Å². The summed E-state index contributed by atoms with van der Waals surface area (Å²) >= 11 is 0. The number of rotatable bonds is 7. The number of carbonyl (C=O) groups excluding carboxylic acids is 1. The minimum absolute atomic E-state index is 0.131. The first-order chi connectivity index (χ1) is 14.4. The number of benzene rings is 2. The molecule has 0 bridgehead atoms. The number of carbonyl (C=O) groups is 1. The smallest absolute Gasteiger partial charge is 0.284 e. The van der Waals surface area contributed by atoms with Gasteiger partial charge in [-0.25, -0.2) is 5.43 Å². The minimum atomic E-state index is -0.499. The average Bonchev–Trinajstić information content (AvgIpc) is 3.18. The van der Waals surface area contributed by atoms with E-state index in [0.29, 0.717) is 22.8 Å². The van der Waals surface area contributed by atoms with Crippen molar-refractivity contribution in [3.8, 4) is 17.1 Å². The van der Waals surface area contributed by atoms with E-state index in [1.807, 2.05) is 32.0 Å². The first-order valence-electron chi connectivity index (χ1n) is 9.18. The third kappa shape index (κ3) is 4.91. The van der Waals surface area contributed by atoms with Crippen LogP contribution in [-0.4, -0.2) is 24.2 Å². The SMILES string of the molecule is COc1ccc(-c2ccc(/C=N/NC(=O)Cc3ccc(C)cc3C)o2)c([N+](=O)[O-])c1. The number of aryl methyl sites for hydroxylation is 2. The molecule has 1 N–H and O–H groups in total. The van der Waals surface area contributed by atoms with Crippen LogP contribution in [-0.2, 0) is 11.2 Å². The molecule has 154 valence electrons. The highest BCUT2D eigenvalue weighted by Crippen LogP contribution is 2.33. The van der Waals surface area contributed by atoms with E-state index in [1.54, 1.807) is 24.3 Å². The van der Waals surface area contributed by atoms with E-state index in [9.17, 15) is 14.9 Å². The molecule has 0 unspecified atom stereocenters. The van der Waals surface area contributed by atoms with Crippen molar-refractivity contribution in [2.24, 2.45) is 5.10 Å². The van der Waals surface area contributed by atoms with Crippen LogP contribution in [0.1, 0.15) is 22.5 Å². The topological polar surface area (TPSA) is 107 Å². The Morgan fingerprint density at radius 1 is 1.20 bits per heavy atom. The van der Waals surface area contributed by atoms with Crippen LogP contribution in [0.25, 0.3) is 11.3 Å². The van der Waals surface area contributed by atoms with Crippen LogP contribution >= 0.6 is 0 Å². The van der Waals surface area contributed by atoms with Gasteiger partial charge in [0.05, 0.1) is 36.3 Å². The number of hydrogen-bond donors (Lipinski definition) is 1. The highest BCUT2D eigenvalue weighted by molar-refractivity contribution is 5.83. The minimum Gasteiger partial charge on any atom is -0.497 e. The Hall–Kier alpha value is -3.94. The fraction of sp³-hybridized carbons (Fsp3) is 0.182. The number of nitrogens with one attached hydrogen (secondary N) is 1. The van der Waals surface area contributed by atoms with Crippen molar-refractivity contribution in [1.29, 1.82) is 0 Å². The van der Waals surface area contributed by atoms with Crippen molar-refractivity contribution < 1.29 is 18.9 Å². The Balaban J connectivity index is 1.67. The molecule has 0 saturated heterocycles. The zero-order valence-corrected chi connectivity index (χ0v) is 16.8.